The minimum Gasteiger partial charge on any atom is -0.479 e. The fourth-order valence-corrected chi connectivity index (χ4v) is 3.24. The number of carbonyl (C=O) groups is 2. The van der Waals surface area contributed by atoms with Crippen molar-refractivity contribution in [1.29, 1.82) is 0 Å². The van der Waals surface area contributed by atoms with E-state index in [-0.39, 0.29) is 16.8 Å². The number of ether oxygens (including phenoxy) is 1. The Kier molecular flexibility index (Phi) is 6.24. The number of nitrogens with one attached hydrogen (secondary N) is 1. The van der Waals surface area contributed by atoms with Gasteiger partial charge in [-0.1, -0.05) is 41.4 Å². The van der Waals surface area contributed by atoms with Crippen LogP contribution in [0.4, 0.5) is 5.69 Å². The Labute approximate surface area is 168 Å². The molecular formula is C20H20Cl2N2O3. The van der Waals surface area contributed by atoms with E-state index in [2.05, 4.69) is 5.32 Å². The van der Waals surface area contributed by atoms with Crippen molar-refractivity contribution in [3.63, 3.8) is 0 Å². The number of halogens is 2. The predicted molar refractivity (Wildman–Crippen MR) is 106 cm³/mol. The van der Waals surface area contributed by atoms with Crippen LogP contribution >= 0.6 is 23.2 Å². The molecule has 0 unspecified atom stereocenters. The summed E-state index contributed by atoms with van der Waals surface area (Å²) in [5.74, 6) is 0.221. The van der Waals surface area contributed by atoms with E-state index in [9.17, 15) is 9.59 Å². The largest absolute Gasteiger partial charge is 0.479 e. The molecule has 1 saturated heterocycles. The standard InChI is InChI=1S/C20H20Cl2N2O3/c1-13(27-17-8-3-7-16(21)19(17)22)20(26)23-15-6-2-5-14(11-15)12-24-10-4-9-18(24)25/h2-3,5-8,11,13H,4,9-10,12H2,1H3,(H,23,26)/t13-/m1/s1. The number of hydrogen-bond donors (Lipinski definition) is 1. The molecule has 0 radical (unpaired) electrons. The number of rotatable bonds is 6. The third-order valence-electron chi connectivity index (χ3n) is 4.33. The van der Waals surface area contributed by atoms with Crippen molar-refractivity contribution in [2.75, 3.05) is 11.9 Å². The first-order chi connectivity index (χ1) is 12.9. The van der Waals surface area contributed by atoms with E-state index in [0.29, 0.717) is 29.4 Å². The quantitative estimate of drug-likeness (QED) is 0.766. The number of benzene rings is 2. The Hall–Kier alpha value is -2.24. The molecule has 1 N–H and O–H groups in total. The number of anilines is 1. The molecular weight excluding hydrogens is 387 g/mol. The van der Waals surface area contributed by atoms with Crippen molar-refractivity contribution < 1.29 is 14.3 Å². The molecule has 142 valence electrons. The van der Waals surface area contributed by atoms with Gasteiger partial charge in [-0.15, -0.1) is 0 Å². The lowest BCUT2D eigenvalue weighted by molar-refractivity contribution is -0.128. The Balaban J connectivity index is 1.62. The average molecular weight is 407 g/mol. The number of hydrogen-bond acceptors (Lipinski definition) is 3. The van der Waals surface area contributed by atoms with Crippen LogP contribution in [0.5, 0.6) is 5.75 Å². The van der Waals surface area contributed by atoms with Gasteiger partial charge in [0.05, 0.1) is 5.02 Å². The minimum atomic E-state index is -0.759. The van der Waals surface area contributed by atoms with Gasteiger partial charge in [0.1, 0.15) is 10.8 Å². The molecule has 1 atom stereocenters. The first kappa shape index (κ1) is 19.5. The van der Waals surface area contributed by atoms with Crippen LogP contribution in [0.2, 0.25) is 10.0 Å². The van der Waals surface area contributed by atoms with E-state index in [1.165, 1.54) is 0 Å². The van der Waals surface area contributed by atoms with Crippen LogP contribution in [0.3, 0.4) is 0 Å². The molecule has 0 aliphatic carbocycles. The highest BCUT2D eigenvalue weighted by Crippen LogP contribution is 2.32. The molecule has 1 aliphatic heterocycles. The molecule has 2 aromatic rings. The highest BCUT2D eigenvalue weighted by molar-refractivity contribution is 6.42. The molecule has 0 bridgehead atoms. The molecule has 0 aromatic heterocycles. The van der Waals surface area contributed by atoms with Crippen LogP contribution in [0.15, 0.2) is 42.5 Å². The summed E-state index contributed by atoms with van der Waals surface area (Å²) in [6.07, 6.45) is 0.748. The highest BCUT2D eigenvalue weighted by atomic mass is 35.5. The van der Waals surface area contributed by atoms with Gasteiger partial charge in [0.2, 0.25) is 5.91 Å². The maximum Gasteiger partial charge on any atom is 0.265 e. The summed E-state index contributed by atoms with van der Waals surface area (Å²) in [7, 11) is 0. The van der Waals surface area contributed by atoms with E-state index < -0.39 is 6.10 Å². The number of nitrogens with zero attached hydrogens (tertiary/aromatic N) is 1. The van der Waals surface area contributed by atoms with Gasteiger partial charge >= 0.3 is 0 Å². The lowest BCUT2D eigenvalue weighted by Gasteiger charge is -2.18. The molecule has 0 saturated carbocycles. The van der Waals surface area contributed by atoms with E-state index in [0.717, 1.165) is 18.5 Å². The average Bonchev–Trinajstić information content (AvgIpc) is 3.04. The number of amides is 2. The van der Waals surface area contributed by atoms with Crippen LogP contribution in [-0.4, -0.2) is 29.4 Å². The molecule has 1 heterocycles. The molecule has 1 fully saturated rings. The zero-order valence-electron chi connectivity index (χ0n) is 14.9. The lowest BCUT2D eigenvalue weighted by Crippen LogP contribution is -2.30. The zero-order valence-corrected chi connectivity index (χ0v) is 16.4. The van der Waals surface area contributed by atoms with Crippen LogP contribution < -0.4 is 10.1 Å². The zero-order chi connectivity index (χ0) is 19.4. The van der Waals surface area contributed by atoms with Crippen molar-refractivity contribution in [1.82, 2.24) is 4.90 Å². The van der Waals surface area contributed by atoms with E-state index in [1.807, 2.05) is 23.1 Å². The Bertz CT molecular complexity index is 857. The molecule has 5 nitrogen and oxygen atoms in total. The maximum atomic E-state index is 12.4. The molecule has 27 heavy (non-hydrogen) atoms. The second-order valence-corrected chi connectivity index (χ2v) is 7.21. The number of likely N-dealkylation sites (tertiary alicyclic amines) is 1. The lowest BCUT2D eigenvalue weighted by atomic mass is 10.2. The van der Waals surface area contributed by atoms with Crippen molar-refractivity contribution in [3.8, 4) is 5.75 Å². The fourth-order valence-electron chi connectivity index (χ4n) is 2.90. The third kappa shape index (κ3) is 4.93. The smallest absolute Gasteiger partial charge is 0.265 e. The van der Waals surface area contributed by atoms with Crippen LogP contribution in [0.1, 0.15) is 25.3 Å². The van der Waals surface area contributed by atoms with Crippen molar-refractivity contribution in [3.05, 3.63) is 58.1 Å². The van der Waals surface area contributed by atoms with Gasteiger partial charge < -0.3 is 15.0 Å². The van der Waals surface area contributed by atoms with Crippen molar-refractivity contribution >= 4 is 40.7 Å². The maximum absolute atomic E-state index is 12.4. The SMILES string of the molecule is C[C@@H](Oc1cccc(Cl)c1Cl)C(=O)Nc1cccc(CN2CCCC2=O)c1. The van der Waals surface area contributed by atoms with Gasteiger partial charge in [0, 0.05) is 25.2 Å². The Morgan fingerprint density at radius 2 is 2.04 bits per heavy atom. The van der Waals surface area contributed by atoms with Gasteiger partial charge in [-0.25, -0.2) is 0 Å². The van der Waals surface area contributed by atoms with Crippen molar-refractivity contribution in [2.45, 2.75) is 32.4 Å². The highest BCUT2D eigenvalue weighted by Gasteiger charge is 2.21. The molecule has 3 rings (SSSR count). The summed E-state index contributed by atoms with van der Waals surface area (Å²) in [5.41, 5.74) is 1.62. The molecule has 0 spiro atoms. The normalized spacial score (nSPS) is 14.9. The predicted octanol–water partition coefficient (Wildman–Crippen LogP) is 4.52. The molecule has 1 aliphatic rings. The third-order valence-corrected chi connectivity index (χ3v) is 5.13. The van der Waals surface area contributed by atoms with Gasteiger partial charge in [-0.05, 0) is 43.2 Å². The summed E-state index contributed by atoms with van der Waals surface area (Å²) in [4.78, 5) is 26.0. The van der Waals surface area contributed by atoms with E-state index >= 15 is 0 Å². The van der Waals surface area contributed by atoms with Crippen molar-refractivity contribution in [2.24, 2.45) is 0 Å². The Morgan fingerprint density at radius 3 is 2.78 bits per heavy atom. The summed E-state index contributed by atoms with van der Waals surface area (Å²) < 4.78 is 5.63. The minimum absolute atomic E-state index is 0.171. The van der Waals surface area contributed by atoms with Gasteiger partial charge in [0.15, 0.2) is 6.10 Å². The van der Waals surface area contributed by atoms with Gasteiger partial charge in [0.25, 0.3) is 5.91 Å². The first-order valence-electron chi connectivity index (χ1n) is 8.72. The second kappa shape index (κ2) is 8.63. The van der Waals surface area contributed by atoms with Gasteiger partial charge in [-0.3, -0.25) is 9.59 Å². The molecule has 2 aromatic carbocycles. The molecule has 2 amide bonds. The summed E-state index contributed by atoms with van der Waals surface area (Å²) in [5, 5.41) is 3.47. The topological polar surface area (TPSA) is 58.6 Å². The summed E-state index contributed by atoms with van der Waals surface area (Å²) in [6.45, 7) is 2.97. The second-order valence-electron chi connectivity index (χ2n) is 6.42. The van der Waals surface area contributed by atoms with Gasteiger partial charge in [-0.2, -0.15) is 0 Å². The fraction of sp³-hybridized carbons (Fsp3) is 0.300. The number of carbonyl (C=O) groups excluding carboxylic acids is 2. The monoisotopic (exact) mass is 406 g/mol. The van der Waals surface area contributed by atoms with Crippen LogP contribution in [0.25, 0.3) is 0 Å². The first-order valence-corrected chi connectivity index (χ1v) is 9.48. The van der Waals surface area contributed by atoms with E-state index in [1.54, 1.807) is 31.2 Å². The Morgan fingerprint density at radius 1 is 1.26 bits per heavy atom. The van der Waals surface area contributed by atoms with Crippen LogP contribution in [-0.2, 0) is 16.1 Å². The van der Waals surface area contributed by atoms with E-state index in [4.69, 9.17) is 27.9 Å². The summed E-state index contributed by atoms with van der Waals surface area (Å²) in [6, 6.07) is 12.5. The summed E-state index contributed by atoms with van der Waals surface area (Å²) >= 11 is 12.1. The van der Waals surface area contributed by atoms with Crippen LogP contribution in [0, 0.1) is 0 Å². The molecule has 7 heteroatoms.